The third-order valence-corrected chi connectivity index (χ3v) is 4.01. The van der Waals surface area contributed by atoms with Crippen molar-refractivity contribution in [2.45, 2.75) is 25.7 Å². The molecule has 0 radical (unpaired) electrons. The Bertz CT molecular complexity index is 700. The Hall–Kier alpha value is -2.86. The second-order valence-corrected chi connectivity index (χ2v) is 6.05. The Morgan fingerprint density at radius 2 is 1.73 bits per heavy atom. The zero-order chi connectivity index (χ0) is 18.6. The lowest BCUT2D eigenvalue weighted by Crippen LogP contribution is -2.19. The van der Waals surface area contributed by atoms with E-state index in [9.17, 15) is 4.79 Å². The number of hydrogen-bond acceptors (Lipinski definition) is 4. The smallest absolute Gasteiger partial charge is 0.224 e. The molecule has 138 valence electrons. The fourth-order valence-corrected chi connectivity index (χ4v) is 2.54. The summed E-state index contributed by atoms with van der Waals surface area (Å²) >= 11 is 0. The third-order valence-electron chi connectivity index (χ3n) is 4.01. The third kappa shape index (κ3) is 6.94. The second kappa shape index (κ2) is 10.9. The van der Waals surface area contributed by atoms with Gasteiger partial charge in [0.15, 0.2) is 5.84 Å². The van der Waals surface area contributed by atoms with Crippen LogP contribution in [0.4, 0.5) is 5.69 Å². The van der Waals surface area contributed by atoms with Crippen LogP contribution in [-0.2, 0) is 11.2 Å². The van der Waals surface area contributed by atoms with Crippen molar-refractivity contribution in [1.29, 1.82) is 0 Å². The summed E-state index contributed by atoms with van der Waals surface area (Å²) in [5, 5.41) is 17.8. The molecule has 26 heavy (non-hydrogen) atoms. The highest BCUT2D eigenvalue weighted by atomic mass is 16.4. The molecule has 0 heterocycles. The summed E-state index contributed by atoms with van der Waals surface area (Å²) in [7, 11) is 0. The molecule has 0 aromatic heterocycles. The van der Waals surface area contributed by atoms with Gasteiger partial charge in [0.05, 0.1) is 0 Å². The van der Waals surface area contributed by atoms with Gasteiger partial charge in [0.25, 0.3) is 0 Å². The maximum absolute atomic E-state index is 11.9. The zero-order valence-corrected chi connectivity index (χ0v) is 14.8. The van der Waals surface area contributed by atoms with Crippen LogP contribution in [0.15, 0.2) is 59.8 Å². The molecule has 0 atom stereocenters. The Labute approximate surface area is 154 Å². The number of carbonyl (C=O) groups is 1. The number of benzene rings is 2. The predicted octanol–water partition coefficient (Wildman–Crippen LogP) is 2.72. The van der Waals surface area contributed by atoms with Crippen molar-refractivity contribution in [3.63, 3.8) is 0 Å². The molecule has 2 aromatic carbocycles. The standard InChI is InChI=1S/C20H26N4O2/c21-20(24-26)17-9-11-18(12-10-17)23-19(25)8-4-5-14-22-15-13-16-6-2-1-3-7-16/h1-3,6-7,9-12,22,26H,4-5,8,13-15H2,(H2,21,24)(H,23,25). The van der Waals surface area contributed by atoms with Crippen LogP contribution < -0.4 is 16.4 Å². The molecule has 6 nitrogen and oxygen atoms in total. The van der Waals surface area contributed by atoms with E-state index in [1.807, 2.05) is 6.07 Å². The molecule has 1 amide bonds. The number of carbonyl (C=O) groups excluding carboxylic acids is 1. The van der Waals surface area contributed by atoms with Gasteiger partial charge < -0.3 is 21.6 Å². The Kier molecular flexibility index (Phi) is 8.15. The van der Waals surface area contributed by atoms with E-state index < -0.39 is 0 Å². The summed E-state index contributed by atoms with van der Waals surface area (Å²) in [6.07, 6.45) is 3.31. The van der Waals surface area contributed by atoms with E-state index in [4.69, 9.17) is 10.9 Å². The van der Waals surface area contributed by atoms with Gasteiger partial charge >= 0.3 is 0 Å². The van der Waals surface area contributed by atoms with Crippen molar-refractivity contribution in [3.05, 3.63) is 65.7 Å². The first kappa shape index (κ1) is 19.5. The minimum Gasteiger partial charge on any atom is -0.409 e. The van der Waals surface area contributed by atoms with Gasteiger partial charge in [0, 0.05) is 17.7 Å². The first-order valence-corrected chi connectivity index (χ1v) is 8.81. The summed E-state index contributed by atoms with van der Waals surface area (Å²) in [6, 6.07) is 17.2. The molecular formula is C20H26N4O2. The van der Waals surface area contributed by atoms with Crippen molar-refractivity contribution >= 4 is 17.4 Å². The van der Waals surface area contributed by atoms with E-state index in [2.05, 4.69) is 40.1 Å². The minimum absolute atomic E-state index is 0.00849. The van der Waals surface area contributed by atoms with Crippen LogP contribution >= 0.6 is 0 Å². The molecule has 6 heteroatoms. The Morgan fingerprint density at radius 3 is 2.42 bits per heavy atom. The van der Waals surface area contributed by atoms with Gasteiger partial charge in [-0.15, -0.1) is 0 Å². The van der Waals surface area contributed by atoms with Crippen molar-refractivity contribution in [1.82, 2.24) is 5.32 Å². The normalized spacial score (nSPS) is 11.3. The summed E-state index contributed by atoms with van der Waals surface area (Å²) in [4.78, 5) is 11.9. The maximum Gasteiger partial charge on any atom is 0.224 e. The number of anilines is 1. The molecule has 0 aliphatic heterocycles. The van der Waals surface area contributed by atoms with Gasteiger partial charge in [-0.05, 0) is 62.2 Å². The highest BCUT2D eigenvalue weighted by Crippen LogP contribution is 2.10. The summed E-state index contributed by atoms with van der Waals surface area (Å²) in [6.45, 7) is 1.86. The van der Waals surface area contributed by atoms with E-state index >= 15 is 0 Å². The fourth-order valence-electron chi connectivity index (χ4n) is 2.54. The van der Waals surface area contributed by atoms with Crippen LogP contribution in [0.2, 0.25) is 0 Å². The highest BCUT2D eigenvalue weighted by Gasteiger charge is 2.04. The van der Waals surface area contributed by atoms with Crippen LogP contribution in [-0.4, -0.2) is 30.0 Å². The van der Waals surface area contributed by atoms with Gasteiger partial charge in [0.2, 0.25) is 5.91 Å². The van der Waals surface area contributed by atoms with Gasteiger partial charge in [-0.25, -0.2) is 0 Å². The van der Waals surface area contributed by atoms with Crippen LogP contribution in [0.1, 0.15) is 30.4 Å². The average Bonchev–Trinajstić information content (AvgIpc) is 2.68. The van der Waals surface area contributed by atoms with E-state index in [1.165, 1.54) is 5.56 Å². The van der Waals surface area contributed by atoms with E-state index in [1.54, 1.807) is 24.3 Å². The van der Waals surface area contributed by atoms with Crippen molar-refractivity contribution < 1.29 is 10.0 Å². The topological polar surface area (TPSA) is 99.7 Å². The largest absolute Gasteiger partial charge is 0.409 e. The van der Waals surface area contributed by atoms with Crippen molar-refractivity contribution in [2.24, 2.45) is 10.9 Å². The van der Waals surface area contributed by atoms with Crippen LogP contribution in [0.25, 0.3) is 0 Å². The number of unbranched alkanes of at least 4 members (excludes halogenated alkanes) is 1. The molecule has 0 aliphatic rings. The van der Waals surface area contributed by atoms with Crippen LogP contribution in [0, 0.1) is 0 Å². The summed E-state index contributed by atoms with van der Waals surface area (Å²) in [5.41, 5.74) is 8.14. The van der Waals surface area contributed by atoms with E-state index in [-0.39, 0.29) is 11.7 Å². The lowest BCUT2D eigenvalue weighted by molar-refractivity contribution is -0.116. The molecule has 5 N–H and O–H groups in total. The van der Waals surface area contributed by atoms with Gasteiger partial charge in [-0.3, -0.25) is 4.79 Å². The molecule has 0 spiro atoms. The molecule has 0 unspecified atom stereocenters. The molecule has 0 bridgehead atoms. The number of hydrogen-bond donors (Lipinski definition) is 4. The summed E-state index contributed by atoms with van der Waals surface area (Å²) < 4.78 is 0. The van der Waals surface area contributed by atoms with Gasteiger partial charge in [-0.2, -0.15) is 0 Å². The molecule has 0 aliphatic carbocycles. The second-order valence-electron chi connectivity index (χ2n) is 6.05. The summed E-state index contributed by atoms with van der Waals surface area (Å²) in [5.74, 6) is 0.0356. The lowest BCUT2D eigenvalue weighted by atomic mass is 10.1. The van der Waals surface area contributed by atoms with E-state index in [0.717, 1.165) is 32.4 Å². The van der Waals surface area contributed by atoms with E-state index in [0.29, 0.717) is 17.7 Å². The lowest BCUT2D eigenvalue weighted by Gasteiger charge is -2.07. The Balaban J connectivity index is 1.56. The van der Waals surface area contributed by atoms with Gasteiger partial charge in [0.1, 0.15) is 0 Å². The molecule has 2 rings (SSSR count). The monoisotopic (exact) mass is 354 g/mol. The number of rotatable bonds is 10. The number of nitrogens with one attached hydrogen (secondary N) is 2. The molecule has 2 aromatic rings. The van der Waals surface area contributed by atoms with Crippen LogP contribution in [0.3, 0.4) is 0 Å². The molecule has 0 fully saturated rings. The van der Waals surface area contributed by atoms with Crippen molar-refractivity contribution in [3.8, 4) is 0 Å². The molecular weight excluding hydrogens is 328 g/mol. The maximum atomic E-state index is 11.9. The Morgan fingerprint density at radius 1 is 1.00 bits per heavy atom. The quantitative estimate of drug-likeness (QED) is 0.173. The SMILES string of the molecule is N/C(=N\O)c1ccc(NC(=O)CCCCNCCc2ccccc2)cc1. The van der Waals surface area contributed by atoms with Crippen molar-refractivity contribution in [2.75, 3.05) is 18.4 Å². The minimum atomic E-state index is -0.00849. The highest BCUT2D eigenvalue weighted by molar-refractivity contribution is 5.98. The number of nitrogens with zero attached hydrogens (tertiary/aromatic N) is 1. The van der Waals surface area contributed by atoms with Crippen LogP contribution in [0.5, 0.6) is 0 Å². The van der Waals surface area contributed by atoms with Gasteiger partial charge in [-0.1, -0.05) is 35.5 Å². The zero-order valence-electron chi connectivity index (χ0n) is 14.8. The first-order chi connectivity index (χ1) is 12.7. The molecule has 0 saturated heterocycles. The number of amidine groups is 1. The number of nitrogens with two attached hydrogens (primary N) is 1. The average molecular weight is 354 g/mol. The fraction of sp³-hybridized carbons (Fsp3) is 0.300. The number of oxime groups is 1. The number of amides is 1. The first-order valence-electron chi connectivity index (χ1n) is 8.81. The predicted molar refractivity (Wildman–Crippen MR) is 104 cm³/mol. The molecule has 0 saturated carbocycles.